The molecule has 5 heterocycles. The van der Waals surface area contributed by atoms with E-state index in [0.717, 1.165) is 13.1 Å². The summed E-state index contributed by atoms with van der Waals surface area (Å²) in [6.45, 7) is 4.54. The number of fused-ring (bicyclic) bond motifs is 3. The molecule has 0 aromatic carbocycles. The highest BCUT2D eigenvalue weighted by atomic mass is 32.1. The Bertz CT molecular complexity index is 677. The van der Waals surface area contributed by atoms with Gasteiger partial charge in [0.1, 0.15) is 5.51 Å². The van der Waals surface area contributed by atoms with Crippen molar-refractivity contribution in [3.8, 4) is 10.3 Å². The van der Waals surface area contributed by atoms with Crippen molar-refractivity contribution in [2.45, 2.75) is 31.8 Å². The SMILES string of the molecule is C[C@H]1[C@H](NC(=O)c2ccc(Oc3nncs3)s2)C2CCN1CC2. The van der Waals surface area contributed by atoms with Gasteiger partial charge in [-0.3, -0.25) is 9.69 Å². The molecule has 8 heteroatoms. The van der Waals surface area contributed by atoms with Crippen molar-refractivity contribution in [2.24, 2.45) is 5.92 Å². The highest BCUT2D eigenvalue weighted by molar-refractivity contribution is 7.16. The standard InChI is InChI=1S/C15H18N4O2S2/c1-9-13(10-4-6-19(9)7-5-10)17-14(20)11-2-3-12(23-11)21-15-18-16-8-22-15/h2-3,8-10,13H,4-7H2,1H3,(H,17,20)/t9-,13-/m0/s1. The van der Waals surface area contributed by atoms with Crippen molar-refractivity contribution in [2.75, 3.05) is 13.1 Å². The van der Waals surface area contributed by atoms with Gasteiger partial charge in [0.25, 0.3) is 11.1 Å². The molecule has 122 valence electrons. The number of piperidine rings is 3. The maximum absolute atomic E-state index is 12.6. The monoisotopic (exact) mass is 350 g/mol. The lowest BCUT2D eigenvalue weighted by Gasteiger charge is -2.49. The zero-order chi connectivity index (χ0) is 15.8. The Morgan fingerprint density at radius 3 is 2.91 bits per heavy atom. The molecule has 2 atom stereocenters. The van der Waals surface area contributed by atoms with E-state index >= 15 is 0 Å². The Morgan fingerprint density at radius 1 is 1.39 bits per heavy atom. The number of nitrogens with one attached hydrogen (secondary N) is 1. The van der Waals surface area contributed by atoms with Gasteiger partial charge in [-0.15, -0.1) is 5.10 Å². The summed E-state index contributed by atoms with van der Waals surface area (Å²) in [4.78, 5) is 15.7. The van der Waals surface area contributed by atoms with E-state index in [-0.39, 0.29) is 11.9 Å². The molecule has 6 nitrogen and oxygen atoms in total. The molecular weight excluding hydrogens is 332 g/mol. The summed E-state index contributed by atoms with van der Waals surface area (Å²) in [5.74, 6) is 0.601. The van der Waals surface area contributed by atoms with Gasteiger partial charge in [-0.25, -0.2) is 0 Å². The topological polar surface area (TPSA) is 67.3 Å². The van der Waals surface area contributed by atoms with Crippen molar-refractivity contribution < 1.29 is 9.53 Å². The number of nitrogens with zero attached hydrogens (tertiary/aromatic N) is 3. The van der Waals surface area contributed by atoms with Crippen molar-refractivity contribution >= 4 is 28.6 Å². The van der Waals surface area contributed by atoms with Crippen LogP contribution >= 0.6 is 22.7 Å². The zero-order valence-corrected chi connectivity index (χ0v) is 14.4. The quantitative estimate of drug-likeness (QED) is 0.918. The van der Waals surface area contributed by atoms with Crippen LogP contribution in [0.15, 0.2) is 17.6 Å². The molecule has 1 amide bonds. The highest BCUT2D eigenvalue weighted by Crippen LogP contribution is 2.33. The number of rotatable bonds is 4. The van der Waals surface area contributed by atoms with Crippen molar-refractivity contribution in [3.05, 3.63) is 22.5 Å². The van der Waals surface area contributed by atoms with E-state index in [9.17, 15) is 4.79 Å². The van der Waals surface area contributed by atoms with Gasteiger partial charge in [0.15, 0.2) is 5.06 Å². The lowest BCUT2D eigenvalue weighted by Crippen LogP contribution is -2.62. The molecule has 1 N–H and O–H groups in total. The Hall–Kier alpha value is -1.51. The minimum Gasteiger partial charge on any atom is -0.419 e. The highest BCUT2D eigenvalue weighted by Gasteiger charge is 2.40. The lowest BCUT2D eigenvalue weighted by molar-refractivity contribution is 0.0218. The second-order valence-corrected chi connectivity index (χ2v) is 7.88. The zero-order valence-electron chi connectivity index (χ0n) is 12.8. The van der Waals surface area contributed by atoms with E-state index in [1.165, 1.54) is 35.5 Å². The smallest absolute Gasteiger partial charge is 0.300 e. The van der Waals surface area contributed by atoms with Gasteiger partial charge in [-0.1, -0.05) is 27.8 Å². The number of carbonyl (C=O) groups is 1. The number of carbonyl (C=O) groups excluding carboxylic acids is 1. The van der Waals surface area contributed by atoms with E-state index in [2.05, 4.69) is 27.3 Å². The van der Waals surface area contributed by atoms with E-state index in [0.29, 0.717) is 27.1 Å². The Kier molecular flexibility index (Phi) is 4.04. The maximum Gasteiger partial charge on any atom is 0.300 e. The van der Waals surface area contributed by atoms with Gasteiger partial charge in [0.05, 0.1) is 4.88 Å². The lowest BCUT2D eigenvalue weighted by atomic mass is 9.79. The second-order valence-electron chi connectivity index (χ2n) is 6.04. The third-order valence-corrected chi connectivity index (χ3v) is 6.34. The first-order chi connectivity index (χ1) is 11.2. The van der Waals surface area contributed by atoms with Crippen LogP contribution in [-0.4, -0.2) is 46.2 Å². The van der Waals surface area contributed by atoms with E-state index in [1.54, 1.807) is 11.6 Å². The molecule has 0 unspecified atom stereocenters. The molecule has 2 aromatic heterocycles. The van der Waals surface area contributed by atoms with Crippen molar-refractivity contribution in [1.29, 1.82) is 0 Å². The third-order valence-electron chi connectivity index (χ3n) is 4.81. The minimum atomic E-state index is -0.00675. The molecule has 0 radical (unpaired) electrons. The number of hydrogen-bond acceptors (Lipinski definition) is 7. The van der Waals surface area contributed by atoms with Gasteiger partial charge in [-0.05, 0) is 50.9 Å². The fraction of sp³-hybridized carbons (Fsp3) is 0.533. The average molecular weight is 350 g/mol. The number of ether oxygens (including phenoxy) is 1. The molecule has 2 aromatic rings. The van der Waals surface area contributed by atoms with Crippen LogP contribution in [0, 0.1) is 5.92 Å². The summed E-state index contributed by atoms with van der Waals surface area (Å²) >= 11 is 2.67. The Balaban J connectivity index is 1.42. The van der Waals surface area contributed by atoms with E-state index in [1.807, 2.05) is 6.07 Å². The third kappa shape index (κ3) is 2.98. The first-order valence-corrected chi connectivity index (χ1v) is 9.49. The molecule has 0 spiro atoms. The molecule has 0 aliphatic carbocycles. The number of hydrogen-bond donors (Lipinski definition) is 1. The fourth-order valence-corrected chi connectivity index (χ4v) is 4.79. The van der Waals surface area contributed by atoms with Crippen molar-refractivity contribution in [3.63, 3.8) is 0 Å². The second kappa shape index (κ2) is 6.18. The van der Waals surface area contributed by atoms with E-state index in [4.69, 9.17) is 4.74 Å². The summed E-state index contributed by atoms with van der Waals surface area (Å²) in [5, 5.41) is 12.0. The average Bonchev–Trinajstić information content (AvgIpc) is 3.23. The van der Waals surface area contributed by atoms with Gasteiger partial charge in [-0.2, -0.15) is 0 Å². The molecule has 5 rings (SSSR count). The van der Waals surface area contributed by atoms with Crippen LogP contribution in [0.4, 0.5) is 0 Å². The van der Waals surface area contributed by atoms with Crippen molar-refractivity contribution in [1.82, 2.24) is 20.4 Å². The molecule has 0 saturated carbocycles. The van der Waals surface area contributed by atoms with Gasteiger partial charge in [0.2, 0.25) is 0 Å². The molecule has 3 aliphatic rings. The predicted octanol–water partition coefficient (Wildman–Crippen LogP) is 2.60. The van der Waals surface area contributed by atoms with E-state index < -0.39 is 0 Å². The van der Waals surface area contributed by atoms with Gasteiger partial charge < -0.3 is 10.1 Å². The molecule has 2 bridgehead atoms. The Morgan fingerprint density at radius 2 is 2.22 bits per heavy atom. The largest absolute Gasteiger partial charge is 0.419 e. The summed E-state index contributed by atoms with van der Waals surface area (Å²) in [6.07, 6.45) is 2.37. The van der Waals surface area contributed by atoms with Crippen LogP contribution in [0.5, 0.6) is 10.3 Å². The molecule has 3 fully saturated rings. The van der Waals surface area contributed by atoms with Crippen LogP contribution in [0.2, 0.25) is 0 Å². The number of thiophene rings is 1. The van der Waals surface area contributed by atoms with Gasteiger partial charge in [0, 0.05) is 12.1 Å². The molecule has 23 heavy (non-hydrogen) atoms. The fourth-order valence-electron chi connectivity index (χ4n) is 3.56. The number of aromatic nitrogens is 2. The van der Waals surface area contributed by atoms with Crippen LogP contribution < -0.4 is 10.1 Å². The molecule has 3 aliphatic heterocycles. The summed E-state index contributed by atoms with van der Waals surface area (Å²) < 4.78 is 5.58. The Labute approximate surface area is 142 Å². The summed E-state index contributed by atoms with van der Waals surface area (Å²) in [5.41, 5.74) is 1.62. The van der Waals surface area contributed by atoms with Crippen LogP contribution in [0.3, 0.4) is 0 Å². The first-order valence-electron chi connectivity index (χ1n) is 7.79. The van der Waals surface area contributed by atoms with Crippen LogP contribution in [0.1, 0.15) is 29.4 Å². The summed E-state index contributed by atoms with van der Waals surface area (Å²) in [7, 11) is 0. The van der Waals surface area contributed by atoms with Crippen LogP contribution in [0.25, 0.3) is 0 Å². The minimum absolute atomic E-state index is 0.00675. The maximum atomic E-state index is 12.6. The molecular formula is C15H18N4O2S2. The normalized spacial score (nSPS) is 29.4. The first kappa shape index (κ1) is 15.0. The summed E-state index contributed by atoms with van der Waals surface area (Å²) in [6, 6.07) is 4.28. The number of amides is 1. The molecule has 3 saturated heterocycles. The van der Waals surface area contributed by atoms with Crippen LogP contribution in [-0.2, 0) is 0 Å². The predicted molar refractivity (Wildman–Crippen MR) is 89.3 cm³/mol. The van der Waals surface area contributed by atoms with Gasteiger partial charge >= 0.3 is 0 Å².